The maximum atomic E-state index is 13.1. The van der Waals surface area contributed by atoms with E-state index < -0.39 is 0 Å². The van der Waals surface area contributed by atoms with Gasteiger partial charge >= 0.3 is 0 Å². The van der Waals surface area contributed by atoms with Gasteiger partial charge in [0.2, 0.25) is 11.9 Å². The van der Waals surface area contributed by atoms with Crippen molar-refractivity contribution in [2.75, 3.05) is 18.0 Å². The average molecular weight is 441 g/mol. The molecule has 2 aromatic heterocycles. The Hall–Kier alpha value is -4.07. The molecule has 1 saturated heterocycles. The molecule has 0 spiro atoms. The average Bonchev–Trinajstić information content (AvgIpc) is 2.87. The highest BCUT2D eigenvalue weighted by Gasteiger charge is 2.23. The van der Waals surface area contributed by atoms with E-state index in [4.69, 9.17) is 0 Å². The van der Waals surface area contributed by atoms with Crippen LogP contribution in [0.15, 0.2) is 77.9 Å². The summed E-state index contributed by atoms with van der Waals surface area (Å²) in [6.45, 7) is 1.34. The summed E-state index contributed by atoms with van der Waals surface area (Å²) in [6.07, 6.45) is 5.22. The molecule has 2 aromatic carbocycles. The number of nitrogens with zero attached hydrogens (tertiary/aromatic N) is 5. The number of piperidine rings is 1. The SMILES string of the molecule is O=C(Cn1nc(-c2ccccc2)c2ccccc2c1=O)NC1CCCN(c2ncccn2)C1. The largest absolute Gasteiger partial charge is 0.350 e. The molecule has 0 bridgehead atoms. The normalized spacial score (nSPS) is 16.0. The van der Waals surface area contributed by atoms with Gasteiger partial charge in [0.25, 0.3) is 5.56 Å². The zero-order chi connectivity index (χ0) is 22.6. The highest BCUT2D eigenvalue weighted by Crippen LogP contribution is 2.24. The molecule has 1 amide bonds. The third kappa shape index (κ3) is 4.45. The zero-order valence-electron chi connectivity index (χ0n) is 18.1. The monoisotopic (exact) mass is 440 g/mol. The van der Waals surface area contributed by atoms with E-state index in [9.17, 15) is 9.59 Å². The zero-order valence-corrected chi connectivity index (χ0v) is 18.1. The fraction of sp³-hybridized carbons (Fsp3) is 0.240. The van der Waals surface area contributed by atoms with Gasteiger partial charge in [0, 0.05) is 42.5 Å². The number of hydrogen-bond acceptors (Lipinski definition) is 6. The smallest absolute Gasteiger partial charge is 0.275 e. The molecule has 8 nitrogen and oxygen atoms in total. The summed E-state index contributed by atoms with van der Waals surface area (Å²) in [7, 11) is 0. The summed E-state index contributed by atoms with van der Waals surface area (Å²) in [5.41, 5.74) is 1.31. The van der Waals surface area contributed by atoms with Crippen molar-refractivity contribution in [3.8, 4) is 11.3 Å². The third-order valence-corrected chi connectivity index (χ3v) is 5.83. The molecule has 0 radical (unpaired) electrons. The quantitative estimate of drug-likeness (QED) is 0.513. The van der Waals surface area contributed by atoms with Crippen molar-refractivity contribution in [3.05, 3.63) is 83.4 Å². The van der Waals surface area contributed by atoms with E-state index in [-0.39, 0.29) is 24.1 Å². The van der Waals surface area contributed by atoms with Gasteiger partial charge in [-0.2, -0.15) is 5.10 Å². The van der Waals surface area contributed by atoms with Crippen molar-refractivity contribution < 1.29 is 4.79 Å². The van der Waals surface area contributed by atoms with Crippen LogP contribution in [-0.2, 0) is 11.3 Å². The summed E-state index contributed by atoms with van der Waals surface area (Å²) in [5, 5.41) is 8.96. The van der Waals surface area contributed by atoms with Crippen LogP contribution in [0.4, 0.5) is 5.95 Å². The number of hydrogen-bond donors (Lipinski definition) is 1. The minimum absolute atomic E-state index is 0.0418. The number of fused-ring (bicyclic) bond motifs is 1. The lowest BCUT2D eigenvalue weighted by molar-refractivity contribution is -0.122. The standard InChI is InChI=1S/C25H24N6O2/c32-22(28-19-10-6-15-30(16-19)25-26-13-7-14-27-25)17-31-24(33)21-12-5-4-11-20(21)23(29-31)18-8-2-1-3-9-18/h1-5,7-9,11-14,19H,6,10,15-17H2,(H,28,32). The van der Waals surface area contributed by atoms with Crippen LogP contribution in [0.25, 0.3) is 22.0 Å². The van der Waals surface area contributed by atoms with Crippen LogP contribution in [0.5, 0.6) is 0 Å². The summed E-state index contributed by atoms with van der Waals surface area (Å²) >= 11 is 0. The second-order valence-electron chi connectivity index (χ2n) is 8.12. The van der Waals surface area contributed by atoms with Crippen LogP contribution in [0.2, 0.25) is 0 Å². The molecular weight excluding hydrogens is 416 g/mol. The maximum absolute atomic E-state index is 13.1. The maximum Gasteiger partial charge on any atom is 0.275 e. The molecule has 33 heavy (non-hydrogen) atoms. The molecule has 3 heterocycles. The van der Waals surface area contributed by atoms with Gasteiger partial charge in [0.1, 0.15) is 6.54 Å². The number of anilines is 1. The molecule has 166 valence electrons. The van der Waals surface area contributed by atoms with Crippen molar-refractivity contribution in [3.63, 3.8) is 0 Å². The lowest BCUT2D eigenvalue weighted by Crippen LogP contribution is -2.49. The third-order valence-electron chi connectivity index (χ3n) is 5.83. The molecular formula is C25H24N6O2. The van der Waals surface area contributed by atoms with Gasteiger partial charge in [-0.1, -0.05) is 48.5 Å². The molecule has 5 rings (SSSR count). The van der Waals surface area contributed by atoms with Gasteiger partial charge < -0.3 is 10.2 Å². The Bertz CT molecular complexity index is 1320. The van der Waals surface area contributed by atoms with E-state index in [1.54, 1.807) is 24.5 Å². The van der Waals surface area contributed by atoms with Crippen LogP contribution < -0.4 is 15.8 Å². The number of aromatic nitrogens is 4. The highest BCUT2D eigenvalue weighted by atomic mass is 16.2. The Morgan fingerprint density at radius 3 is 2.48 bits per heavy atom. The topological polar surface area (TPSA) is 93.0 Å². The Kier molecular flexibility index (Phi) is 5.80. The lowest BCUT2D eigenvalue weighted by atomic mass is 10.1. The van der Waals surface area contributed by atoms with E-state index >= 15 is 0 Å². The molecule has 0 aliphatic carbocycles. The molecule has 1 N–H and O–H groups in total. The Labute approximate surface area is 190 Å². The van der Waals surface area contributed by atoms with Gasteiger partial charge in [-0.25, -0.2) is 14.6 Å². The van der Waals surface area contributed by atoms with Crippen LogP contribution in [0, 0.1) is 0 Å². The van der Waals surface area contributed by atoms with E-state index in [2.05, 4.69) is 25.3 Å². The number of benzene rings is 2. The van der Waals surface area contributed by atoms with Gasteiger partial charge in [0.15, 0.2) is 0 Å². The minimum atomic E-state index is -0.275. The van der Waals surface area contributed by atoms with Crippen LogP contribution >= 0.6 is 0 Å². The van der Waals surface area contributed by atoms with Gasteiger partial charge in [-0.3, -0.25) is 9.59 Å². The Balaban J connectivity index is 1.37. The molecule has 1 fully saturated rings. The molecule has 1 unspecified atom stereocenters. The number of nitrogens with one attached hydrogen (secondary N) is 1. The molecule has 8 heteroatoms. The number of carbonyl (C=O) groups is 1. The van der Waals surface area contributed by atoms with Crippen LogP contribution in [0.1, 0.15) is 12.8 Å². The van der Waals surface area contributed by atoms with Crippen LogP contribution in [0.3, 0.4) is 0 Å². The van der Waals surface area contributed by atoms with Crippen molar-refractivity contribution in [2.45, 2.75) is 25.4 Å². The van der Waals surface area contributed by atoms with E-state index in [1.165, 1.54) is 4.68 Å². The number of rotatable bonds is 5. The first-order valence-corrected chi connectivity index (χ1v) is 11.1. The van der Waals surface area contributed by atoms with Crippen LogP contribution in [-0.4, -0.2) is 44.8 Å². The summed E-state index contributed by atoms with van der Waals surface area (Å²) < 4.78 is 1.26. The van der Waals surface area contributed by atoms with Crippen molar-refractivity contribution in [2.24, 2.45) is 0 Å². The molecule has 1 aliphatic heterocycles. The predicted molar refractivity (Wildman–Crippen MR) is 127 cm³/mol. The molecule has 0 saturated carbocycles. The fourth-order valence-corrected chi connectivity index (χ4v) is 4.29. The Morgan fingerprint density at radius 1 is 0.970 bits per heavy atom. The van der Waals surface area contributed by atoms with Crippen molar-refractivity contribution >= 4 is 22.6 Å². The number of amides is 1. The molecule has 4 aromatic rings. The first-order chi connectivity index (χ1) is 16.2. The summed E-state index contributed by atoms with van der Waals surface area (Å²) in [6, 6.07) is 18.8. The summed E-state index contributed by atoms with van der Waals surface area (Å²) in [5.74, 6) is 0.427. The van der Waals surface area contributed by atoms with Crippen molar-refractivity contribution in [1.29, 1.82) is 0 Å². The van der Waals surface area contributed by atoms with E-state index in [0.717, 1.165) is 30.3 Å². The van der Waals surface area contributed by atoms with E-state index in [1.807, 2.05) is 48.5 Å². The van der Waals surface area contributed by atoms with Gasteiger partial charge in [-0.05, 0) is 25.0 Å². The second kappa shape index (κ2) is 9.20. The fourth-order valence-electron chi connectivity index (χ4n) is 4.29. The molecule has 1 aliphatic rings. The highest BCUT2D eigenvalue weighted by molar-refractivity contribution is 5.93. The van der Waals surface area contributed by atoms with Gasteiger partial charge in [0.05, 0.1) is 11.1 Å². The minimum Gasteiger partial charge on any atom is -0.350 e. The van der Waals surface area contributed by atoms with Gasteiger partial charge in [-0.15, -0.1) is 0 Å². The second-order valence-corrected chi connectivity index (χ2v) is 8.12. The predicted octanol–water partition coefficient (Wildman–Crippen LogP) is 2.64. The Morgan fingerprint density at radius 2 is 1.70 bits per heavy atom. The first kappa shape index (κ1) is 20.8. The lowest BCUT2D eigenvalue weighted by Gasteiger charge is -2.33. The first-order valence-electron chi connectivity index (χ1n) is 11.1. The molecule has 1 atom stereocenters. The number of carbonyl (C=O) groups excluding carboxylic acids is 1. The van der Waals surface area contributed by atoms with Crippen molar-refractivity contribution in [1.82, 2.24) is 25.1 Å². The summed E-state index contributed by atoms with van der Waals surface area (Å²) in [4.78, 5) is 36.7. The van der Waals surface area contributed by atoms with E-state index in [0.29, 0.717) is 23.6 Å².